The number of aryl methyl sites for hydroxylation is 1. The monoisotopic (exact) mass is 278 g/mol. The minimum Gasteiger partial charge on any atom is -0.412 e. The third-order valence-electron chi connectivity index (χ3n) is 4.57. The van der Waals surface area contributed by atoms with Gasteiger partial charge in [-0.15, -0.1) is 0 Å². The quantitative estimate of drug-likeness (QED) is 0.652. The highest BCUT2D eigenvalue weighted by Crippen LogP contribution is 2.37. The molecule has 1 rings (SSSR count). The fourth-order valence-electron chi connectivity index (χ4n) is 3.08. The lowest BCUT2D eigenvalue weighted by molar-refractivity contribution is 0.310. The second-order valence-corrected chi connectivity index (χ2v) is 10.1. The summed E-state index contributed by atoms with van der Waals surface area (Å²) in [7, 11) is -1.90. The molecule has 19 heavy (non-hydrogen) atoms. The minimum absolute atomic E-state index is 0.658. The van der Waals surface area contributed by atoms with E-state index in [1.165, 1.54) is 23.6 Å². The van der Waals surface area contributed by atoms with E-state index in [0.717, 1.165) is 6.61 Å². The van der Waals surface area contributed by atoms with Crippen molar-refractivity contribution in [3.05, 3.63) is 29.8 Å². The second kappa shape index (κ2) is 7.25. The Hall–Kier alpha value is -0.603. The normalized spacial score (nSPS) is 17.8. The van der Waals surface area contributed by atoms with Crippen LogP contribution < -0.4 is 5.19 Å². The highest BCUT2D eigenvalue weighted by Gasteiger charge is 2.45. The Morgan fingerprint density at radius 3 is 1.79 bits per heavy atom. The van der Waals surface area contributed by atoms with Gasteiger partial charge in [0.2, 0.25) is 8.32 Å². The van der Waals surface area contributed by atoms with E-state index in [4.69, 9.17) is 4.43 Å². The Kier molecular flexibility index (Phi) is 6.28. The van der Waals surface area contributed by atoms with Gasteiger partial charge < -0.3 is 4.43 Å². The van der Waals surface area contributed by atoms with E-state index >= 15 is 0 Å². The Morgan fingerprint density at radius 1 is 0.947 bits per heavy atom. The molecule has 0 saturated carbocycles. The van der Waals surface area contributed by atoms with Crippen LogP contribution in [0.2, 0.25) is 11.1 Å². The van der Waals surface area contributed by atoms with Gasteiger partial charge in [-0.25, -0.2) is 0 Å². The van der Waals surface area contributed by atoms with Gasteiger partial charge >= 0.3 is 0 Å². The zero-order valence-electron chi connectivity index (χ0n) is 13.5. The van der Waals surface area contributed by atoms with E-state index in [-0.39, 0.29) is 0 Å². The lowest BCUT2D eigenvalue weighted by Crippen LogP contribution is -2.57. The van der Waals surface area contributed by atoms with Gasteiger partial charge in [0.15, 0.2) is 0 Å². The molecule has 108 valence electrons. The number of hydrogen-bond donors (Lipinski definition) is 0. The van der Waals surface area contributed by atoms with E-state index < -0.39 is 8.32 Å². The molecule has 2 unspecified atom stereocenters. The lowest BCUT2D eigenvalue weighted by Gasteiger charge is -2.41. The van der Waals surface area contributed by atoms with E-state index in [1.807, 2.05) is 0 Å². The van der Waals surface area contributed by atoms with Crippen molar-refractivity contribution < 1.29 is 4.43 Å². The van der Waals surface area contributed by atoms with Gasteiger partial charge in [-0.05, 0) is 30.1 Å². The maximum atomic E-state index is 6.50. The van der Waals surface area contributed by atoms with E-state index in [9.17, 15) is 0 Å². The van der Waals surface area contributed by atoms with Gasteiger partial charge in [0.1, 0.15) is 0 Å². The molecular formula is C17H30OSi. The van der Waals surface area contributed by atoms with Crippen LogP contribution in [0.25, 0.3) is 0 Å². The summed E-state index contributed by atoms with van der Waals surface area (Å²) in [6, 6.07) is 9.10. The van der Waals surface area contributed by atoms with E-state index in [1.54, 1.807) is 0 Å². The Bertz CT molecular complexity index is 361. The first-order chi connectivity index (χ1) is 9.02. The number of rotatable bonds is 7. The minimum atomic E-state index is -1.90. The zero-order chi connectivity index (χ0) is 14.5. The van der Waals surface area contributed by atoms with Crippen LogP contribution in [-0.4, -0.2) is 14.9 Å². The van der Waals surface area contributed by atoms with Gasteiger partial charge in [0.25, 0.3) is 0 Å². The van der Waals surface area contributed by atoms with Crippen LogP contribution in [0.1, 0.15) is 53.0 Å². The van der Waals surface area contributed by atoms with Crippen LogP contribution in [0.15, 0.2) is 24.3 Å². The summed E-state index contributed by atoms with van der Waals surface area (Å²) >= 11 is 0. The van der Waals surface area contributed by atoms with Crippen molar-refractivity contribution >= 4 is 13.5 Å². The van der Waals surface area contributed by atoms with Crippen molar-refractivity contribution in [1.82, 2.24) is 0 Å². The molecule has 0 aliphatic carbocycles. The molecule has 0 saturated heterocycles. The first-order valence-corrected chi connectivity index (χ1v) is 9.80. The third kappa shape index (κ3) is 3.29. The molecule has 0 aliphatic heterocycles. The van der Waals surface area contributed by atoms with Crippen LogP contribution >= 0.6 is 0 Å². The van der Waals surface area contributed by atoms with Crippen LogP contribution in [0, 0.1) is 6.92 Å². The molecule has 0 spiro atoms. The maximum Gasteiger partial charge on any atom is 0.229 e. The SMILES string of the molecule is CCO[Si](c1ccc(C)cc1)(C(C)CC)C(C)CC. The van der Waals surface area contributed by atoms with Crippen LogP contribution in [0.4, 0.5) is 0 Å². The summed E-state index contributed by atoms with van der Waals surface area (Å²) in [6.07, 6.45) is 2.40. The summed E-state index contributed by atoms with van der Waals surface area (Å²) in [6.45, 7) is 14.5. The molecule has 2 heteroatoms. The third-order valence-corrected chi connectivity index (χ3v) is 10.3. The van der Waals surface area contributed by atoms with Crippen molar-refractivity contribution in [2.24, 2.45) is 0 Å². The van der Waals surface area contributed by atoms with Gasteiger partial charge in [0.05, 0.1) is 0 Å². The number of hydrogen-bond acceptors (Lipinski definition) is 1. The van der Waals surface area contributed by atoms with E-state index in [0.29, 0.717) is 11.1 Å². The van der Waals surface area contributed by atoms with E-state index in [2.05, 4.69) is 65.8 Å². The zero-order valence-corrected chi connectivity index (χ0v) is 14.5. The number of benzene rings is 1. The fourth-order valence-corrected chi connectivity index (χ4v) is 8.31. The predicted molar refractivity (Wildman–Crippen MR) is 87.6 cm³/mol. The Balaban J connectivity index is 3.32. The van der Waals surface area contributed by atoms with Crippen molar-refractivity contribution in [3.8, 4) is 0 Å². The summed E-state index contributed by atoms with van der Waals surface area (Å²) in [5, 5.41) is 1.48. The largest absolute Gasteiger partial charge is 0.412 e. The molecule has 0 N–H and O–H groups in total. The van der Waals surface area contributed by atoms with Crippen LogP contribution in [-0.2, 0) is 4.43 Å². The van der Waals surface area contributed by atoms with Gasteiger partial charge in [-0.3, -0.25) is 0 Å². The molecule has 0 amide bonds. The van der Waals surface area contributed by atoms with Gasteiger partial charge in [-0.2, -0.15) is 0 Å². The predicted octanol–water partition coefficient (Wildman–Crippen LogP) is 4.78. The molecule has 0 aromatic heterocycles. The summed E-state index contributed by atoms with van der Waals surface area (Å²) in [5.41, 5.74) is 2.65. The Morgan fingerprint density at radius 2 is 1.42 bits per heavy atom. The summed E-state index contributed by atoms with van der Waals surface area (Å²) in [5.74, 6) is 0. The standard InChI is InChI=1S/C17H30OSi/c1-7-15(5)19(18-9-3,16(6)8-2)17-12-10-14(4)11-13-17/h10-13,15-16H,7-9H2,1-6H3. The Labute approximate surface area is 120 Å². The summed E-state index contributed by atoms with van der Waals surface area (Å²) < 4.78 is 6.50. The lowest BCUT2D eigenvalue weighted by atomic mass is 10.2. The van der Waals surface area contributed by atoms with Crippen molar-refractivity contribution in [2.75, 3.05) is 6.61 Å². The molecule has 0 bridgehead atoms. The highest BCUT2D eigenvalue weighted by atomic mass is 28.4. The first-order valence-electron chi connectivity index (χ1n) is 7.73. The maximum absolute atomic E-state index is 6.50. The average Bonchev–Trinajstić information content (AvgIpc) is 2.44. The molecule has 0 radical (unpaired) electrons. The molecule has 2 atom stereocenters. The van der Waals surface area contributed by atoms with Gasteiger partial charge in [0, 0.05) is 6.61 Å². The van der Waals surface area contributed by atoms with Crippen molar-refractivity contribution in [2.45, 2.75) is 65.5 Å². The van der Waals surface area contributed by atoms with Crippen molar-refractivity contribution in [3.63, 3.8) is 0 Å². The molecule has 1 aromatic rings. The van der Waals surface area contributed by atoms with Crippen LogP contribution in [0.3, 0.4) is 0 Å². The molecule has 0 fully saturated rings. The topological polar surface area (TPSA) is 9.23 Å². The first kappa shape index (κ1) is 16.5. The highest BCUT2D eigenvalue weighted by molar-refractivity contribution is 6.88. The second-order valence-electron chi connectivity index (χ2n) is 5.71. The fraction of sp³-hybridized carbons (Fsp3) is 0.647. The molecule has 0 heterocycles. The van der Waals surface area contributed by atoms with Gasteiger partial charge in [-0.1, -0.05) is 70.4 Å². The molecule has 1 aromatic carbocycles. The molecular weight excluding hydrogens is 248 g/mol. The average molecular weight is 279 g/mol. The molecule has 0 aliphatic rings. The van der Waals surface area contributed by atoms with Crippen LogP contribution in [0.5, 0.6) is 0 Å². The smallest absolute Gasteiger partial charge is 0.229 e. The molecule has 1 nitrogen and oxygen atoms in total. The van der Waals surface area contributed by atoms with Crippen molar-refractivity contribution in [1.29, 1.82) is 0 Å². The summed E-state index contributed by atoms with van der Waals surface area (Å²) in [4.78, 5) is 0.